The van der Waals surface area contributed by atoms with Gasteiger partial charge >= 0.3 is 5.92 Å². The van der Waals surface area contributed by atoms with Crippen molar-refractivity contribution in [2.45, 2.75) is 12.3 Å². The first-order chi connectivity index (χ1) is 8.45. The minimum absolute atomic E-state index is 0.0668. The summed E-state index contributed by atoms with van der Waals surface area (Å²) in [5, 5.41) is 4.54. The van der Waals surface area contributed by atoms with Crippen LogP contribution in [0.25, 0.3) is 0 Å². The summed E-state index contributed by atoms with van der Waals surface area (Å²) in [6.07, 6.45) is 0.188. The average molecular weight is 272 g/mol. The lowest BCUT2D eigenvalue weighted by Gasteiger charge is -2.09. The van der Waals surface area contributed by atoms with Crippen LogP contribution in [0, 0.1) is 0 Å². The molecule has 1 aliphatic rings. The Balaban J connectivity index is 2.26. The highest BCUT2D eigenvalue weighted by Crippen LogP contribution is 2.41. The molecule has 2 rings (SSSR count). The van der Waals surface area contributed by atoms with Crippen LogP contribution in [0.15, 0.2) is 18.2 Å². The average Bonchev–Trinajstić information content (AvgIpc) is 2.51. The van der Waals surface area contributed by atoms with Gasteiger partial charge in [0.25, 0.3) is 5.91 Å². The second kappa shape index (κ2) is 4.56. The van der Waals surface area contributed by atoms with Crippen molar-refractivity contribution in [3.63, 3.8) is 0 Å². The maximum Gasteiger partial charge on any atom is 0.352 e. The molecule has 4 nitrogen and oxygen atoms in total. The second-order valence-corrected chi connectivity index (χ2v) is 4.26. The van der Waals surface area contributed by atoms with Gasteiger partial charge in [-0.05, 0) is 24.0 Å². The minimum atomic E-state index is -3.56. The van der Waals surface area contributed by atoms with E-state index in [2.05, 4.69) is 23.3 Å². The van der Waals surface area contributed by atoms with Gasteiger partial charge < -0.3 is 10.6 Å². The van der Waals surface area contributed by atoms with Crippen LogP contribution in [0.5, 0.6) is 0 Å². The highest BCUT2D eigenvalue weighted by molar-refractivity contribution is 7.80. The van der Waals surface area contributed by atoms with Gasteiger partial charge in [0, 0.05) is 12.1 Å². The number of amides is 2. The van der Waals surface area contributed by atoms with Crippen LogP contribution in [0.4, 0.5) is 20.2 Å². The first kappa shape index (κ1) is 12.8. The fourth-order valence-corrected chi connectivity index (χ4v) is 1.84. The largest absolute Gasteiger partial charge is 0.352 e. The van der Waals surface area contributed by atoms with E-state index in [-0.39, 0.29) is 23.7 Å². The number of nitrogens with one attached hydrogen (secondary N) is 2. The standard InChI is InChI=1S/C11H10F2N2O2S/c12-11(13)7-5-6(14-9(16)3-4-18)1-2-8(7)15-10(11)17/h1-2,5,18H,3-4H2,(H,14,16)(H,15,17). The molecule has 0 bridgehead atoms. The third-order valence-corrected chi connectivity index (χ3v) is 2.74. The topological polar surface area (TPSA) is 58.2 Å². The Morgan fingerprint density at radius 1 is 1.44 bits per heavy atom. The molecule has 0 aliphatic carbocycles. The summed E-state index contributed by atoms with van der Waals surface area (Å²) in [5.74, 6) is -4.85. The maximum atomic E-state index is 13.5. The fraction of sp³-hybridized carbons (Fsp3) is 0.273. The number of carbonyl (C=O) groups is 2. The van der Waals surface area contributed by atoms with E-state index in [0.29, 0.717) is 5.75 Å². The quantitative estimate of drug-likeness (QED) is 0.737. The summed E-state index contributed by atoms with van der Waals surface area (Å²) in [5.41, 5.74) is -0.120. The van der Waals surface area contributed by atoms with Gasteiger partial charge in [0.05, 0.1) is 11.3 Å². The van der Waals surface area contributed by atoms with E-state index in [9.17, 15) is 18.4 Å². The van der Waals surface area contributed by atoms with Crippen molar-refractivity contribution in [3.8, 4) is 0 Å². The molecule has 7 heteroatoms. The molecule has 1 heterocycles. The van der Waals surface area contributed by atoms with Gasteiger partial charge in [0.2, 0.25) is 5.91 Å². The molecule has 1 aliphatic heterocycles. The summed E-state index contributed by atoms with van der Waals surface area (Å²) in [6, 6.07) is 3.89. The molecule has 0 fully saturated rings. The second-order valence-electron chi connectivity index (χ2n) is 3.81. The predicted octanol–water partition coefficient (Wildman–Crippen LogP) is 1.99. The van der Waals surface area contributed by atoms with Crippen LogP contribution in [0.2, 0.25) is 0 Å². The number of halogens is 2. The van der Waals surface area contributed by atoms with Gasteiger partial charge in [-0.2, -0.15) is 21.4 Å². The van der Waals surface area contributed by atoms with E-state index in [1.54, 1.807) is 0 Å². The van der Waals surface area contributed by atoms with Crippen molar-refractivity contribution < 1.29 is 18.4 Å². The number of anilines is 2. The van der Waals surface area contributed by atoms with Gasteiger partial charge in [-0.3, -0.25) is 9.59 Å². The molecule has 18 heavy (non-hydrogen) atoms. The first-order valence-electron chi connectivity index (χ1n) is 5.19. The van der Waals surface area contributed by atoms with Crippen molar-refractivity contribution in [1.29, 1.82) is 0 Å². The molecule has 0 radical (unpaired) electrons. The molecule has 0 saturated carbocycles. The number of hydrogen-bond donors (Lipinski definition) is 3. The van der Waals surface area contributed by atoms with Crippen molar-refractivity contribution in [2.24, 2.45) is 0 Å². The Morgan fingerprint density at radius 3 is 2.83 bits per heavy atom. The molecule has 96 valence electrons. The van der Waals surface area contributed by atoms with Crippen molar-refractivity contribution in [3.05, 3.63) is 23.8 Å². The lowest BCUT2D eigenvalue weighted by molar-refractivity contribution is -0.139. The Hall–Kier alpha value is -1.63. The van der Waals surface area contributed by atoms with Gasteiger partial charge in [-0.15, -0.1) is 0 Å². The zero-order valence-electron chi connectivity index (χ0n) is 9.17. The zero-order chi connectivity index (χ0) is 13.3. The molecule has 0 aromatic heterocycles. The van der Waals surface area contributed by atoms with Gasteiger partial charge in [0.15, 0.2) is 0 Å². The normalized spacial score (nSPS) is 16.1. The van der Waals surface area contributed by atoms with E-state index < -0.39 is 17.4 Å². The van der Waals surface area contributed by atoms with Crippen LogP contribution < -0.4 is 10.6 Å². The van der Waals surface area contributed by atoms with Crippen LogP contribution in [0.3, 0.4) is 0 Å². The third-order valence-electron chi connectivity index (χ3n) is 2.51. The number of fused-ring (bicyclic) bond motifs is 1. The monoisotopic (exact) mass is 272 g/mol. The molecule has 0 saturated heterocycles. The van der Waals surface area contributed by atoms with Crippen molar-refractivity contribution in [1.82, 2.24) is 0 Å². The van der Waals surface area contributed by atoms with Gasteiger partial charge in [-0.25, -0.2) is 0 Å². The Morgan fingerprint density at radius 2 is 2.17 bits per heavy atom. The molecule has 0 spiro atoms. The predicted molar refractivity (Wildman–Crippen MR) is 66.1 cm³/mol. The molecule has 1 aromatic carbocycles. The highest BCUT2D eigenvalue weighted by atomic mass is 32.1. The Bertz CT molecular complexity index is 520. The van der Waals surface area contributed by atoms with Gasteiger partial charge in [0.1, 0.15) is 0 Å². The first-order valence-corrected chi connectivity index (χ1v) is 5.83. The number of hydrogen-bond acceptors (Lipinski definition) is 3. The summed E-state index contributed by atoms with van der Waals surface area (Å²) in [4.78, 5) is 22.3. The van der Waals surface area contributed by atoms with Crippen LogP contribution in [-0.2, 0) is 15.5 Å². The Kier molecular flexibility index (Phi) is 3.25. The van der Waals surface area contributed by atoms with Crippen molar-refractivity contribution >= 4 is 35.8 Å². The molecule has 1 aromatic rings. The summed E-state index contributed by atoms with van der Waals surface area (Å²) < 4.78 is 26.9. The number of alkyl halides is 2. The van der Waals surface area contributed by atoms with Crippen LogP contribution >= 0.6 is 12.6 Å². The molecular formula is C11H10F2N2O2S. The van der Waals surface area contributed by atoms with Gasteiger partial charge in [-0.1, -0.05) is 0 Å². The van der Waals surface area contributed by atoms with E-state index in [1.807, 2.05) is 0 Å². The molecule has 0 atom stereocenters. The summed E-state index contributed by atoms with van der Waals surface area (Å²) >= 11 is 3.90. The molecular weight excluding hydrogens is 262 g/mol. The lowest BCUT2D eigenvalue weighted by atomic mass is 10.1. The zero-order valence-corrected chi connectivity index (χ0v) is 10.1. The molecule has 0 unspecified atom stereocenters. The lowest BCUT2D eigenvalue weighted by Crippen LogP contribution is -2.23. The van der Waals surface area contributed by atoms with E-state index >= 15 is 0 Å². The highest BCUT2D eigenvalue weighted by Gasteiger charge is 2.48. The van der Waals surface area contributed by atoms with Crippen LogP contribution in [-0.4, -0.2) is 17.6 Å². The van der Waals surface area contributed by atoms with Crippen LogP contribution in [0.1, 0.15) is 12.0 Å². The number of benzene rings is 1. The Labute approximate surface area is 107 Å². The molecule has 2 amide bonds. The third kappa shape index (κ3) is 2.17. The number of carbonyl (C=O) groups excluding carboxylic acids is 2. The maximum absolute atomic E-state index is 13.5. The minimum Gasteiger partial charge on any atom is -0.326 e. The number of rotatable bonds is 3. The molecule has 2 N–H and O–H groups in total. The summed E-state index contributed by atoms with van der Waals surface area (Å²) in [6.45, 7) is 0. The number of thiol groups is 1. The smallest absolute Gasteiger partial charge is 0.326 e. The van der Waals surface area contributed by atoms with E-state index in [4.69, 9.17) is 0 Å². The van der Waals surface area contributed by atoms with E-state index in [1.165, 1.54) is 12.1 Å². The van der Waals surface area contributed by atoms with E-state index in [0.717, 1.165) is 6.07 Å². The van der Waals surface area contributed by atoms with Crippen molar-refractivity contribution in [2.75, 3.05) is 16.4 Å². The summed E-state index contributed by atoms with van der Waals surface area (Å²) in [7, 11) is 0. The fourth-order valence-electron chi connectivity index (χ4n) is 1.64. The SMILES string of the molecule is O=C(CCS)Nc1ccc2c(c1)C(F)(F)C(=O)N2.